The molecule has 2 aromatic heterocycles. The molecule has 1 N–H and O–H groups in total. The summed E-state index contributed by atoms with van der Waals surface area (Å²) in [6.07, 6.45) is 1.33. The van der Waals surface area contributed by atoms with Crippen molar-refractivity contribution in [1.82, 2.24) is 14.8 Å². The number of amides is 1. The molecule has 0 atom stereocenters. The van der Waals surface area contributed by atoms with Gasteiger partial charge in [0, 0.05) is 19.3 Å². The number of hydrogen-bond donors (Lipinski definition) is 1. The molecule has 0 spiro atoms. The minimum absolute atomic E-state index is 0.129. The van der Waals surface area contributed by atoms with Crippen molar-refractivity contribution in [3.8, 4) is 5.75 Å². The van der Waals surface area contributed by atoms with E-state index in [0.717, 1.165) is 12.1 Å². The van der Waals surface area contributed by atoms with Crippen LogP contribution in [0.2, 0.25) is 0 Å². The van der Waals surface area contributed by atoms with Crippen LogP contribution in [0.15, 0.2) is 24.4 Å². The third kappa shape index (κ3) is 2.55. The molecule has 0 bridgehead atoms. The zero-order chi connectivity index (χ0) is 17.4. The number of rotatable bonds is 3. The van der Waals surface area contributed by atoms with Crippen molar-refractivity contribution in [2.45, 2.75) is 6.92 Å². The van der Waals surface area contributed by atoms with Crippen LogP contribution in [0.25, 0.3) is 11.0 Å². The Morgan fingerprint density at radius 1 is 1.33 bits per heavy atom. The lowest BCUT2D eigenvalue weighted by Gasteiger charge is -2.11. The van der Waals surface area contributed by atoms with Gasteiger partial charge in [0.05, 0.1) is 23.9 Å². The number of benzene rings is 1. The molecule has 1 aromatic carbocycles. The molecule has 124 valence electrons. The van der Waals surface area contributed by atoms with E-state index < -0.39 is 17.5 Å². The normalized spacial score (nSPS) is 10.9. The first-order valence-corrected chi connectivity index (χ1v) is 7.05. The Kier molecular flexibility index (Phi) is 3.88. The van der Waals surface area contributed by atoms with Gasteiger partial charge in [-0.1, -0.05) is 0 Å². The number of aryl methyl sites for hydroxylation is 2. The summed E-state index contributed by atoms with van der Waals surface area (Å²) < 4.78 is 33.6. The van der Waals surface area contributed by atoms with Gasteiger partial charge < -0.3 is 10.1 Å². The molecule has 2 heterocycles. The quantitative estimate of drug-likeness (QED) is 0.801. The maximum absolute atomic E-state index is 13.7. The first-order valence-electron chi connectivity index (χ1n) is 7.05. The van der Waals surface area contributed by atoms with Crippen LogP contribution >= 0.6 is 0 Å². The summed E-state index contributed by atoms with van der Waals surface area (Å²) in [7, 11) is 3.16. The molecule has 0 fully saturated rings. The van der Waals surface area contributed by atoms with Crippen molar-refractivity contribution in [2.24, 2.45) is 7.05 Å². The third-order valence-electron chi connectivity index (χ3n) is 3.61. The van der Waals surface area contributed by atoms with Gasteiger partial charge >= 0.3 is 0 Å². The Morgan fingerprint density at radius 2 is 2.08 bits per heavy atom. The molecule has 1 amide bonds. The fraction of sp³-hybridized carbons (Fsp3) is 0.188. The molecule has 6 nitrogen and oxygen atoms in total. The van der Waals surface area contributed by atoms with Gasteiger partial charge in [-0.2, -0.15) is 5.10 Å². The lowest BCUT2D eigenvalue weighted by atomic mass is 10.1. The maximum Gasteiger partial charge on any atom is 0.261 e. The summed E-state index contributed by atoms with van der Waals surface area (Å²) >= 11 is 0. The van der Waals surface area contributed by atoms with Crippen LogP contribution in [0.4, 0.5) is 14.5 Å². The molecule has 8 heteroatoms. The number of nitrogens with zero attached hydrogens (tertiary/aromatic N) is 3. The highest BCUT2D eigenvalue weighted by Crippen LogP contribution is 2.31. The molecular weight excluding hydrogens is 318 g/mol. The molecule has 0 saturated heterocycles. The second kappa shape index (κ2) is 5.88. The maximum atomic E-state index is 13.7. The smallest absolute Gasteiger partial charge is 0.261 e. The fourth-order valence-electron chi connectivity index (χ4n) is 2.53. The van der Waals surface area contributed by atoms with Gasteiger partial charge in [-0.3, -0.25) is 9.48 Å². The number of ether oxygens (including phenoxy) is 1. The van der Waals surface area contributed by atoms with Gasteiger partial charge in [-0.25, -0.2) is 13.8 Å². The molecule has 0 radical (unpaired) electrons. The molecule has 0 aliphatic heterocycles. The lowest BCUT2D eigenvalue weighted by molar-refractivity contribution is 0.102. The third-order valence-corrected chi connectivity index (χ3v) is 3.61. The first-order chi connectivity index (χ1) is 11.4. The first kappa shape index (κ1) is 15.9. The Morgan fingerprint density at radius 3 is 2.75 bits per heavy atom. The highest BCUT2D eigenvalue weighted by molar-refractivity contribution is 6.09. The summed E-state index contributed by atoms with van der Waals surface area (Å²) in [5, 5.41) is 7.24. The van der Waals surface area contributed by atoms with Gasteiger partial charge in [0.15, 0.2) is 5.65 Å². The van der Waals surface area contributed by atoms with Crippen molar-refractivity contribution >= 4 is 22.6 Å². The van der Waals surface area contributed by atoms with Gasteiger partial charge in [0.1, 0.15) is 22.9 Å². The van der Waals surface area contributed by atoms with Crippen molar-refractivity contribution in [1.29, 1.82) is 0 Å². The van der Waals surface area contributed by atoms with E-state index >= 15 is 0 Å². The molecule has 24 heavy (non-hydrogen) atoms. The molecule has 0 saturated carbocycles. The van der Waals surface area contributed by atoms with Crippen molar-refractivity contribution < 1.29 is 18.3 Å². The van der Waals surface area contributed by atoms with E-state index in [1.165, 1.54) is 13.3 Å². The summed E-state index contributed by atoms with van der Waals surface area (Å²) in [4.78, 5) is 16.7. The minimum Gasteiger partial charge on any atom is -0.495 e. The highest BCUT2D eigenvalue weighted by atomic mass is 19.1. The predicted molar refractivity (Wildman–Crippen MR) is 84.1 cm³/mol. The molecule has 0 unspecified atom stereocenters. The Hall–Kier alpha value is -3.03. The van der Waals surface area contributed by atoms with Crippen molar-refractivity contribution in [3.05, 3.63) is 47.3 Å². The summed E-state index contributed by atoms with van der Waals surface area (Å²) in [5.41, 5.74) is 1.21. The molecule has 0 aliphatic rings. The Bertz CT molecular complexity index is 953. The number of anilines is 1. The van der Waals surface area contributed by atoms with Crippen LogP contribution < -0.4 is 10.1 Å². The van der Waals surface area contributed by atoms with Gasteiger partial charge in [-0.05, 0) is 19.1 Å². The van der Waals surface area contributed by atoms with Crippen LogP contribution in [0.1, 0.15) is 16.1 Å². The fourth-order valence-corrected chi connectivity index (χ4v) is 2.53. The van der Waals surface area contributed by atoms with E-state index in [9.17, 15) is 13.6 Å². The minimum atomic E-state index is -0.867. The number of aromatic nitrogens is 3. The number of fused-ring (bicyclic) bond motifs is 1. The summed E-state index contributed by atoms with van der Waals surface area (Å²) in [5.74, 6) is -1.91. The van der Waals surface area contributed by atoms with E-state index in [-0.39, 0.29) is 11.3 Å². The van der Waals surface area contributed by atoms with E-state index in [0.29, 0.717) is 28.5 Å². The van der Waals surface area contributed by atoms with Crippen molar-refractivity contribution in [2.75, 3.05) is 12.4 Å². The average molecular weight is 332 g/mol. The number of carbonyl (C=O) groups is 1. The van der Waals surface area contributed by atoms with Crippen LogP contribution in [-0.4, -0.2) is 27.8 Å². The average Bonchev–Trinajstić information content (AvgIpc) is 2.84. The number of pyridine rings is 1. The number of carbonyl (C=O) groups excluding carboxylic acids is 1. The van der Waals surface area contributed by atoms with Gasteiger partial charge in [-0.15, -0.1) is 0 Å². The zero-order valence-corrected chi connectivity index (χ0v) is 13.2. The van der Waals surface area contributed by atoms with E-state index in [4.69, 9.17) is 4.74 Å². The van der Waals surface area contributed by atoms with Crippen LogP contribution in [0, 0.1) is 18.6 Å². The molecular formula is C16H14F2N4O2. The van der Waals surface area contributed by atoms with Crippen LogP contribution in [0.5, 0.6) is 5.75 Å². The highest BCUT2D eigenvalue weighted by Gasteiger charge is 2.21. The van der Waals surface area contributed by atoms with E-state index in [1.807, 2.05) is 0 Å². The topological polar surface area (TPSA) is 69.0 Å². The summed E-state index contributed by atoms with van der Waals surface area (Å²) in [6, 6.07) is 2.90. The van der Waals surface area contributed by atoms with E-state index in [2.05, 4.69) is 15.4 Å². The molecule has 0 aliphatic carbocycles. The van der Waals surface area contributed by atoms with Crippen molar-refractivity contribution in [3.63, 3.8) is 0 Å². The lowest BCUT2D eigenvalue weighted by Crippen LogP contribution is -2.15. The van der Waals surface area contributed by atoms with E-state index in [1.54, 1.807) is 18.7 Å². The number of nitrogens with one attached hydrogen (secondary N) is 1. The SMILES string of the molecule is COc1c(C(=O)Nc2ccc(F)cc2F)cnc2c1c(C)nn2C. The summed E-state index contributed by atoms with van der Waals surface area (Å²) in [6.45, 7) is 1.77. The van der Waals surface area contributed by atoms with Crippen LogP contribution in [0.3, 0.4) is 0 Å². The number of halogens is 2. The zero-order valence-electron chi connectivity index (χ0n) is 13.2. The number of methoxy groups -OCH3 is 1. The standard InChI is InChI=1S/C16H14F2N4O2/c1-8-13-14(24-3)10(7-19-15(13)22(2)21-8)16(23)20-12-5-4-9(17)6-11(12)18/h4-7H,1-3H3,(H,20,23). The Labute approximate surface area is 136 Å². The second-order valence-corrected chi connectivity index (χ2v) is 5.19. The molecule has 3 rings (SSSR count). The largest absolute Gasteiger partial charge is 0.495 e. The second-order valence-electron chi connectivity index (χ2n) is 5.19. The Balaban J connectivity index is 2.05. The number of hydrogen-bond acceptors (Lipinski definition) is 4. The monoisotopic (exact) mass is 332 g/mol. The predicted octanol–water partition coefficient (Wildman–Crippen LogP) is 2.82. The van der Waals surface area contributed by atoms with Gasteiger partial charge in [0.2, 0.25) is 0 Å². The van der Waals surface area contributed by atoms with Gasteiger partial charge in [0.25, 0.3) is 5.91 Å². The molecule has 3 aromatic rings. The van der Waals surface area contributed by atoms with Crippen LogP contribution in [-0.2, 0) is 7.05 Å².